The van der Waals surface area contributed by atoms with Crippen molar-refractivity contribution >= 4 is 28.9 Å². The number of hydrazine groups is 1. The van der Waals surface area contributed by atoms with Crippen molar-refractivity contribution in [3.8, 4) is 17.2 Å². The summed E-state index contributed by atoms with van der Waals surface area (Å²) in [6, 6.07) is 9.35. The number of anilines is 1. The lowest BCUT2D eigenvalue weighted by atomic mass is 10.0. The Kier molecular flexibility index (Phi) is 5.59. The predicted octanol–water partition coefficient (Wildman–Crippen LogP) is 4.75. The molecule has 0 aromatic heterocycles. The van der Waals surface area contributed by atoms with Gasteiger partial charge in [-0.25, -0.2) is 5.43 Å². The zero-order valence-electron chi connectivity index (χ0n) is 14.4. The van der Waals surface area contributed by atoms with Gasteiger partial charge < -0.3 is 9.47 Å². The van der Waals surface area contributed by atoms with Gasteiger partial charge in [-0.2, -0.15) is 0 Å². The van der Waals surface area contributed by atoms with Gasteiger partial charge >= 0.3 is 0 Å². The summed E-state index contributed by atoms with van der Waals surface area (Å²) in [6.07, 6.45) is 0. The minimum atomic E-state index is 0.306. The first-order valence-corrected chi connectivity index (χ1v) is 8.81. The molecule has 25 heavy (non-hydrogen) atoms. The van der Waals surface area contributed by atoms with Crippen LogP contribution in [0.4, 0.5) is 5.69 Å². The summed E-state index contributed by atoms with van der Waals surface area (Å²) in [5, 5.41) is 6.03. The Labute approximate surface area is 157 Å². The van der Waals surface area contributed by atoms with Gasteiger partial charge in [0, 0.05) is 5.56 Å². The number of hydrogen-bond acceptors (Lipinski definition) is 5. The Balaban J connectivity index is 1.89. The molecule has 1 saturated heterocycles. The minimum absolute atomic E-state index is 0.306. The van der Waals surface area contributed by atoms with Crippen LogP contribution >= 0.6 is 23.2 Å². The smallest absolute Gasteiger partial charge is 0.164 e. The molecule has 7 heteroatoms. The average molecular weight is 382 g/mol. The van der Waals surface area contributed by atoms with E-state index in [2.05, 4.69) is 24.6 Å². The molecular weight excluding hydrogens is 361 g/mol. The number of nitrogens with zero attached hydrogens (tertiary/aromatic N) is 1. The number of methoxy groups -OCH3 is 1. The van der Waals surface area contributed by atoms with Gasteiger partial charge in [-0.1, -0.05) is 37.0 Å². The van der Waals surface area contributed by atoms with Crippen molar-refractivity contribution in [2.45, 2.75) is 19.8 Å². The van der Waals surface area contributed by atoms with Crippen molar-refractivity contribution < 1.29 is 9.47 Å². The third-order valence-corrected chi connectivity index (χ3v) is 4.56. The minimum Gasteiger partial charge on any atom is -0.496 e. The summed E-state index contributed by atoms with van der Waals surface area (Å²) in [5.41, 5.74) is 5.12. The number of rotatable bonds is 5. The van der Waals surface area contributed by atoms with E-state index in [-0.39, 0.29) is 0 Å². The van der Waals surface area contributed by atoms with Crippen molar-refractivity contribution in [2.24, 2.45) is 0 Å². The zero-order chi connectivity index (χ0) is 18.0. The van der Waals surface area contributed by atoms with E-state index in [1.165, 1.54) is 0 Å². The Morgan fingerprint density at radius 2 is 1.84 bits per heavy atom. The number of halogens is 2. The fourth-order valence-corrected chi connectivity index (χ4v) is 3.26. The molecule has 1 fully saturated rings. The quantitative estimate of drug-likeness (QED) is 0.782. The van der Waals surface area contributed by atoms with E-state index in [0.29, 0.717) is 40.8 Å². The number of hydrogen-bond donors (Lipinski definition) is 2. The van der Waals surface area contributed by atoms with Crippen LogP contribution in [0.2, 0.25) is 10.0 Å². The maximum absolute atomic E-state index is 6.41. The van der Waals surface area contributed by atoms with Gasteiger partial charge in [0.05, 0.1) is 36.2 Å². The second-order valence-electron chi connectivity index (χ2n) is 6.07. The fourth-order valence-electron chi connectivity index (χ4n) is 2.70. The van der Waals surface area contributed by atoms with Crippen molar-refractivity contribution in [3.05, 3.63) is 45.9 Å². The highest BCUT2D eigenvalue weighted by atomic mass is 35.5. The molecule has 134 valence electrons. The molecule has 0 bridgehead atoms. The first-order valence-electron chi connectivity index (χ1n) is 8.06. The summed E-state index contributed by atoms with van der Waals surface area (Å²) >= 11 is 12.8. The molecule has 1 aliphatic rings. The molecule has 1 heterocycles. The second-order valence-corrected chi connectivity index (χ2v) is 6.88. The topological polar surface area (TPSA) is 45.8 Å². The second kappa shape index (κ2) is 7.70. The molecule has 2 aromatic rings. The van der Waals surface area contributed by atoms with E-state index in [4.69, 9.17) is 32.7 Å². The van der Waals surface area contributed by atoms with Crippen molar-refractivity contribution in [1.29, 1.82) is 0 Å². The van der Waals surface area contributed by atoms with Crippen LogP contribution in [0.25, 0.3) is 0 Å². The molecule has 0 radical (unpaired) electrons. The van der Waals surface area contributed by atoms with E-state index < -0.39 is 0 Å². The van der Waals surface area contributed by atoms with Crippen molar-refractivity contribution in [3.63, 3.8) is 0 Å². The summed E-state index contributed by atoms with van der Waals surface area (Å²) < 4.78 is 11.4. The van der Waals surface area contributed by atoms with Crippen LogP contribution in [-0.2, 0) is 0 Å². The summed E-state index contributed by atoms with van der Waals surface area (Å²) in [6.45, 7) is 5.60. The number of ether oxygens (including phenoxy) is 2. The van der Waals surface area contributed by atoms with Crippen LogP contribution < -0.4 is 25.2 Å². The lowest BCUT2D eigenvalue weighted by Gasteiger charge is -2.19. The van der Waals surface area contributed by atoms with E-state index in [1.54, 1.807) is 7.11 Å². The highest BCUT2D eigenvalue weighted by Crippen LogP contribution is 2.41. The molecule has 2 N–H and O–H groups in total. The Morgan fingerprint density at radius 3 is 2.40 bits per heavy atom. The van der Waals surface area contributed by atoms with Crippen molar-refractivity contribution in [1.82, 2.24) is 10.7 Å². The van der Waals surface area contributed by atoms with Crippen LogP contribution in [0, 0.1) is 0 Å². The highest BCUT2D eigenvalue weighted by molar-refractivity contribution is 6.37. The largest absolute Gasteiger partial charge is 0.496 e. The molecule has 3 rings (SSSR count). The van der Waals surface area contributed by atoms with E-state index in [1.807, 2.05) is 35.3 Å². The van der Waals surface area contributed by atoms with Crippen LogP contribution in [0.5, 0.6) is 17.2 Å². The molecule has 2 aromatic carbocycles. The number of nitrogens with one attached hydrogen (secondary N) is 2. The lowest BCUT2D eigenvalue weighted by molar-refractivity contribution is 0.405. The Morgan fingerprint density at radius 1 is 1.12 bits per heavy atom. The first kappa shape index (κ1) is 18.1. The summed E-state index contributed by atoms with van der Waals surface area (Å²) in [4.78, 5) is 0. The molecule has 1 aliphatic heterocycles. The van der Waals surface area contributed by atoms with Gasteiger partial charge in [-0.3, -0.25) is 10.3 Å². The highest BCUT2D eigenvalue weighted by Gasteiger charge is 2.17. The average Bonchev–Trinajstić information content (AvgIpc) is 3.12. The SMILES string of the molecule is COc1ccc(Oc2c(Cl)cc(N3CNCN3)cc2Cl)cc1C(C)C. The van der Waals surface area contributed by atoms with Crippen LogP contribution in [0.15, 0.2) is 30.3 Å². The normalized spacial score (nSPS) is 14.2. The Bertz CT molecular complexity index is 739. The third kappa shape index (κ3) is 3.96. The predicted molar refractivity (Wildman–Crippen MR) is 102 cm³/mol. The van der Waals surface area contributed by atoms with Gasteiger partial charge in [0.2, 0.25) is 0 Å². The van der Waals surface area contributed by atoms with Crippen molar-refractivity contribution in [2.75, 3.05) is 25.5 Å². The molecule has 0 spiro atoms. The molecule has 0 atom stereocenters. The summed E-state index contributed by atoms with van der Waals surface area (Å²) in [5.74, 6) is 2.25. The fraction of sp³-hybridized carbons (Fsp3) is 0.333. The van der Waals surface area contributed by atoms with Gasteiger partial charge in [-0.15, -0.1) is 0 Å². The van der Waals surface area contributed by atoms with E-state index in [0.717, 1.165) is 17.0 Å². The molecule has 0 amide bonds. The van der Waals surface area contributed by atoms with Gasteiger partial charge in [-0.05, 0) is 36.2 Å². The number of benzene rings is 2. The first-order chi connectivity index (χ1) is 12.0. The molecule has 0 saturated carbocycles. The standard InChI is InChI=1S/C18H21Cl2N3O2/c1-11(2)14-8-13(4-5-17(14)24-3)25-18-15(19)6-12(7-16(18)20)23-10-21-9-22-23/h4-8,11,21-22H,9-10H2,1-3H3. The van der Waals surface area contributed by atoms with E-state index >= 15 is 0 Å². The molecule has 5 nitrogen and oxygen atoms in total. The molecular formula is C18H21Cl2N3O2. The van der Waals surface area contributed by atoms with E-state index in [9.17, 15) is 0 Å². The summed E-state index contributed by atoms with van der Waals surface area (Å²) in [7, 11) is 1.66. The van der Waals surface area contributed by atoms with Crippen LogP contribution in [0.3, 0.4) is 0 Å². The lowest BCUT2D eigenvalue weighted by Crippen LogP contribution is -2.30. The monoisotopic (exact) mass is 381 g/mol. The zero-order valence-corrected chi connectivity index (χ0v) is 15.9. The van der Waals surface area contributed by atoms with Gasteiger partial charge in [0.1, 0.15) is 11.5 Å². The third-order valence-electron chi connectivity index (χ3n) is 4.00. The maximum atomic E-state index is 6.41. The Hall–Kier alpha value is -1.66. The van der Waals surface area contributed by atoms with Crippen LogP contribution in [0.1, 0.15) is 25.3 Å². The van der Waals surface area contributed by atoms with Crippen LogP contribution in [-0.4, -0.2) is 20.4 Å². The maximum Gasteiger partial charge on any atom is 0.164 e. The molecule has 0 unspecified atom stereocenters. The van der Waals surface area contributed by atoms with Gasteiger partial charge in [0.15, 0.2) is 5.75 Å². The molecule has 0 aliphatic carbocycles. The van der Waals surface area contributed by atoms with Gasteiger partial charge in [0.25, 0.3) is 0 Å².